The second-order valence-corrected chi connectivity index (χ2v) is 4.39. The van der Waals surface area contributed by atoms with Gasteiger partial charge in [0, 0.05) is 13.1 Å². The van der Waals surface area contributed by atoms with Gasteiger partial charge in [-0.15, -0.1) is 5.10 Å². The Labute approximate surface area is 93.0 Å². The van der Waals surface area contributed by atoms with Crippen LogP contribution in [0.1, 0.15) is 19.8 Å². The highest BCUT2D eigenvalue weighted by Gasteiger charge is 2.29. The van der Waals surface area contributed by atoms with Crippen LogP contribution in [-0.4, -0.2) is 54.8 Å². The van der Waals surface area contributed by atoms with Crippen molar-refractivity contribution >= 4 is 5.91 Å². The SMILES string of the molecule is CC1(O)CCN(C(=O)Cn2cnnn2)CC1. The van der Waals surface area contributed by atoms with E-state index in [-0.39, 0.29) is 12.5 Å². The van der Waals surface area contributed by atoms with Crippen molar-refractivity contribution in [2.45, 2.75) is 31.9 Å². The molecule has 0 atom stereocenters. The Balaban J connectivity index is 1.87. The van der Waals surface area contributed by atoms with E-state index in [0.29, 0.717) is 25.9 Å². The Bertz CT molecular complexity index is 352. The van der Waals surface area contributed by atoms with E-state index in [4.69, 9.17) is 0 Å². The molecule has 7 heteroatoms. The Morgan fingerprint density at radius 2 is 2.19 bits per heavy atom. The van der Waals surface area contributed by atoms with Crippen molar-refractivity contribution in [3.8, 4) is 0 Å². The van der Waals surface area contributed by atoms with E-state index in [0.717, 1.165) is 0 Å². The number of amides is 1. The van der Waals surface area contributed by atoms with Crippen LogP contribution in [0.3, 0.4) is 0 Å². The van der Waals surface area contributed by atoms with Gasteiger partial charge in [-0.25, -0.2) is 4.68 Å². The molecule has 1 aromatic rings. The van der Waals surface area contributed by atoms with Crippen LogP contribution in [0.4, 0.5) is 0 Å². The predicted molar refractivity (Wildman–Crippen MR) is 54.3 cm³/mol. The number of rotatable bonds is 2. The van der Waals surface area contributed by atoms with E-state index in [9.17, 15) is 9.90 Å². The van der Waals surface area contributed by atoms with Gasteiger partial charge in [-0.05, 0) is 30.2 Å². The molecule has 88 valence electrons. The number of aliphatic hydroxyl groups is 1. The van der Waals surface area contributed by atoms with Gasteiger partial charge in [-0.2, -0.15) is 0 Å². The van der Waals surface area contributed by atoms with Gasteiger partial charge in [0.15, 0.2) is 0 Å². The number of hydrogen-bond donors (Lipinski definition) is 1. The fourth-order valence-corrected chi connectivity index (χ4v) is 1.73. The normalized spacial score (nSPS) is 19.8. The molecule has 1 saturated heterocycles. The van der Waals surface area contributed by atoms with Crippen LogP contribution in [0.2, 0.25) is 0 Å². The van der Waals surface area contributed by atoms with Gasteiger partial charge in [0.2, 0.25) is 5.91 Å². The van der Waals surface area contributed by atoms with E-state index < -0.39 is 5.60 Å². The molecule has 0 bridgehead atoms. The Morgan fingerprint density at radius 1 is 1.50 bits per heavy atom. The highest BCUT2D eigenvalue weighted by Crippen LogP contribution is 2.21. The molecule has 0 saturated carbocycles. The van der Waals surface area contributed by atoms with Gasteiger partial charge >= 0.3 is 0 Å². The van der Waals surface area contributed by atoms with Crippen LogP contribution in [0.5, 0.6) is 0 Å². The molecule has 16 heavy (non-hydrogen) atoms. The zero-order valence-corrected chi connectivity index (χ0v) is 9.20. The number of carbonyl (C=O) groups is 1. The predicted octanol–water partition coefficient (Wildman–Crippen LogP) is -0.954. The molecular weight excluding hydrogens is 210 g/mol. The molecule has 1 aromatic heterocycles. The molecule has 1 aliphatic rings. The van der Waals surface area contributed by atoms with Crippen LogP contribution in [-0.2, 0) is 11.3 Å². The lowest BCUT2D eigenvalue weighted by molar-refractivity contribution is -0.135. The molecule has 2 rings (SSSR count). The van der Waals surface area contributed by atoms with Gasteiger partial charge in [-0.3, -0.25) is 4.79 Å². The zero-order valence-electron chi connectivity index (χ0n) is 9.20. The summed E-state index contributed by atoms with van der Waals surface area (Å²) in [5.41, 5.74) is -0.633. The molecule has 1 N–H and O–H groups in total. The lowest BCUT2D eigenvalue weighted by atomic mass is 9.94. The van der Waals surface area contributed by atoms with Crippen molar-refractivity contribution in [2.24, 2.45) is 0 Å². The van der Waals surface area contributed by atoms with Gasteiger partial charge in [0.25, 0.3) is 0 Å². The van der Waals surface area contributed by atoms with E-state index >= 15 is 0 Å². The summed E-state index contributed by atoms with van der Waals surface area (Å²) in [7, 11) is 0. The number of likely N-dealkylation sites (tertiary alicyclic amines) is 1. The summed E-state index contributed by atoms with van der Waals surface area (Å²) in [4.78, 5) is 13.5. The number of carbonyl (C=O) groups excluding carboxylic acids is 1. The van der Waals surface area contributed by atoms with E-state index in [2.05, 4.69) is 15.5 Å². The van der Waals surface area contributed by atoms with E-state index in [1.807, 2.05) is 0 Å². The second kappa shape index (κ2) is 4.17. The Kier molecular flexibility index (Phi) is 2.86. The molecule has 1 amide bonds. The van der Waals surface area contributed by atoms with E-state index in [1.165, 1.54) is 11.0 Å². The first-order valence-electron chi connectivity index (χ1n) is 5.28. The third-order valence-electron chi connectivity index (χ3n) is 2.88. The summed E-state index contributed by atoms with van der Waals surface area (Å²) < 4.78 is 1.40. The fourth-order valence-electron chi connectivity index (χ4n) is 1.73. The topological polar surface area (TPSA) is 84.1 Å². The minimum Gasteiger partial charge on any atom is -0.390 e. The average Bonchev–Trinajstić information content (AvgIpc) is 2.70. The molecule has 0 aromatic carbocycles. The third-order valence-corrected chi connectivity index (χ3v) is 2.88. The lowest BCUT2D eigenvalue weighted by Gasteiger charge is -2.35. The first kappa shape index (κ1) is 11.0. The third kappa shape index (κ3) is 2.54. The smallest absolute Gasteiger partial charge is 0.244 e. The van der Waals surface area contributed by atoms with Crippen molar-refractivity contribution < 1.29 is 9.90 Å². The molecule has 2 heterocycles. The quantitative estimate of drug-likeness (QED) is 0.701. The van der Waals surface area contributed by atoms with Crippen LogP contribution in [0.15, 0.2) is 6.33 Å². The summed E-state index contributed by atoms with van der Waals surface area (Å²) in [6.07, 6.45) is 2.65. The number of hydrogen-bond acceptors (Lipinski definition) is 5. The van der Waals surface area contributed by atoms with Crippen LogP contribution < -0.4 is 0 Å². The molecule has 0 unspecified atom stereocenters. The van der Waals surface area contributed by atoms with Gasteiger partial charge in [-0.1, -0.05) is 0 Å². The molecule has 0 radical (unpaired) electrons. The minimum atomic E-state index is -0.633. The second-order valence-electron chi connectivity index (χ2n) is 4.39. The van der Waals surface area contributed by atoms with Gasteiger partial charge in [0.1, 0.15) is 12.9 Å². The number of piperidine rings is 1. The van der Waals surface area contributed by atoms with Crippen LogP contribution in [0, 0.1) is 0 Å². The van der Waals surface area contributed by atoms with Crippen LogP contribution >= 0.6 is 0 Å². The number of aromatic nitrogens is 4. The maximum Gasteiger partial charge on any atom is 0.244 e. The molecular formula is C9H15N5O2. The molecule has 1 aliphatic heterocycles. The standard InChI is InChI=1S/C9H15N5O2/c1-9(16)2-4-13(5-3-9)8(15)6-14-7-10-11-12-14/h7,16H,2-6H2,1H3. The molecule has 0 spiro atoms. The Morgan fingerprint density at radius 3 is 2.75 bits per heavy atom. The van der Waals surface area contributed by atoms with Crippen molar-refractivity contribution in [3.05, 3.63) is 6.33 Å². The summed E-state index contributed by atoms with van der Waals surface area (Å²) >= 11 is 0. The highest BCUT2D eigenvalue weighted by molar-refractivity contribution is 5.75. The van der Waals surface area contributed by atoms with Gasteiger partial charge in [0.05, 0.1) is 5.60 Å². The van der Waals surface area contributed by atoms with Gasteiger partial charge < -0.3 is 10.0 Å². The van der Waals surface area contributed by atoms with Crippen molar-refractivity contribution in [1.29, 1.82) is 0 Å². The summed E-state index contributed by atoms with van der Waals surface area (Å²) in [6.45, 7) is 3.15. The van der Waals surface area contributed by atoms with Crippen molar-refractivity contribution in [2.75, 3.05) is 13.1 Å². The lowest BCUT2D eigenvalue weighted by Crippen LogP contribution is -2.46. The summed E-state index contributed by atoms with van der Waals surface area (Å²) in [6, 6.07) is 0. The monoisotopic (exact) mass is 225 g/mol. The summed E-state index contributed by atoms with van der Waals surface area (Å²) in [5, 5.41) is 20.3. The molecule has 0 aliphatic carbocycles. The minimum absolute atomic E-state index is 0.0113. The fraction of sp³-hybridized carbons (Fsp3) is 0.778. The van der Waals surface area contributed by atoms with Crippen molar-refractivity contribution in [3.63, 3.8) is 0 Å². The Hall–Kier alpha value is -1.50. The largest absolute Gasteiger partial charge is 0.390 e. The van der Waals surface area contributed by atoms with Crippen molar-refractivity contribution in [1.82, 2.24) is 25.1 Å². The average molecular weight is 225 g/mol. The first-order chi connectivity index (χ1) is 7.57. The maximum atomic E-state index is 11.8. The molecule has 7 nitrogen and oxygen atoms in total. The maximum absolute atomic E-state index is 11.8. The van der Waals surface area contributed by atoms with E-state index in [1.54, 1.807) is 11.8 Å². The number of nitrogens with zero attached hydrogens (tertiary/aromatic N) is 5. The first-order valence-corrected chi connectivity index (χ1v) is 5.28. The highest BCUT2D eigenvalue weighted by atomic mass is 16.3. The van der Waals surface area contributed by atoms with Crippen LogP contribution in [0.25, 0.3) is 0 Å². The summed E-state index contributed by atoms with van der Waals surface area (Å²) in [5.74, 6) is -0.0113. The molecule has 1 fully saturated rings. The number of tetrazole rings is 1. The zero-order chi connectivity index (χ0) is 11.6.